The van der Waals surface area contributed by atoms with Gasteiger partial charge in [-0.1, -0.05) is 11.6 Å². The second kappa shape index (κ2) is 5.95. The number of anilines is 2. The molecule has 1 fully saturated rings. The van der Waals surface area contributed by atoms with Gasteiger partial charge >= 0.3 is 0 Å². The summed E-state index contributed by atoms with van der Waals surface area (Å²) in [6.45, 7) is 3.65. The van der Waals surface area contributed by atoms with Crippen molar-refractivity contribution in [1.29, 1.82) is 5.26 Å². The van der Waals surface area contributed by atoms with Gasteiger partial charge < -0.3 is 9.80 Å². The average Bonchev–Trinajstić information content (AvgIpc) is 3.04. The van der Waals surface area contributed by atoms with Crippen molar-refractivity contribution < 1.29 is 0 Å². The maximum Gasteiger partial charge on any atom is 0.185 e. The van der Waals surface area contributed by atoms with E-state index in [2.05, 4.69) is 25.2 Å². The van der Waals surface area contributed by atoms with Crippen LogP contribution >= 0.6 is 34.5 Å². The minimum atomic E-state index is 0.313. The number of rotatable bonds is 2. The molecule has 1 aliphatic heterocycles. The topological polar surface area (TPSA) is 56.1 Å². The van der Waals surface area contributed by atoms with Crippen molar-refractivity contribution in [1.82, 2.24) is 9.36 Å². The molecular weight excluding hydrogens is 314 g/mol. The van der Waals surface area contributed by atoms with Gasteiger partial charge in [-0.05, 0) is 18.0 Å². The van der Waals surface area contributed by atoms with E-state index in [9.17, 15) is 5.26 Å². The Kier molecular flexibility index (Phi) is 4.05. The SMILES string of the molecule is N#Cc1c(Cl)nsc1N1CCCN(c2nccs2)CC1. The average molecular weight is 326 g/mol. The highest BCUT2D eigenvalue weighted by atomic mass is 35.5. The highest BCUT2D eigenvalue weighted by molar-refractivity contribution is 7.13. The molecule has 104 valence electrons. The summed E-state index contributed by atoms with van der Waals surface area (Å²) in [5.41, 5.74) is 0.499. The first-order valence-electron chi connectivity index (χ1n) is 6.24. The zero-order valence-corrected chi connectivity index (χ0v) is 13.0. The Hall–Kier alpha value is -1.36. The van der Waals surface area contributed by atoms with E-state index in [1.165, 1.54) is 11.5 Å². The molecule has 0 saturated carbocycles. The molecule has 1 aliphatic rings. The quantitative estimate of drug-likeness (QED) is 0.849. The Morgan fingerprint density at radius 3 is 2.80 bits per heavy atom. The fraction of sp³-hybridized carbons (Fsp3) is 0.417. The number of halogens is 1. The number of hydrogen-bond acceptors (Lipinski definition) is 7. The Bertz CT molecular complexity index is 618. The molecule has 2 aromatic heterocycles. The Morgan fingerprint density at radius 2 is 2.05 bits per heavy atom. The van der Waals surface area contributed by atoms with Crippen LogP contribution < -0.4 is 9.80 Å². The number of nitriles is 1. The first-order valence-corrected chi connectivity index (χ1v) is 8.27. The molecule has 8 heteroatoms. The van der Waals surface area contributed by atoms with Crippen LogP contribution in [0.5, 0.6) is 0 Å². The molecule has 0 bridgehead atoms. The van der Waals surface area contributed by atoms with Crippen molar-refractivity contribution in [2.24, 2.45) is 0 Å². The molecule has 3 heterocycles. The van der Waals surface area contributed by atoms with Gasteiger partial charge in [0.25, 0.3) is 0 Å². The summed E-state index contributed by atoms with van der Waals surface area (Å²) >= 11 is 8.91. The van der Waals surface area contributed by atoms with Crippen LogP contribution in [-0.2, 0) is 0 Å². The summed E-state index contributed by atoms with van der Waals surface area (Å²) in [5, 5.41) is 13.4. The van der Waals surface area contributed by atoms with Crippen molar-refractivity contribution in [2.75, 3.05) is 36.0 Å². The van der Waals surface area contributed by atoms with Gasteiger partial charge in [-0.15, -0.1) is 11.3 Å². The molecular formula is C12H12ClN5S2. The Morgan fingerprint density at radius 1 is 1.25 bits per heavy atom. The van der Waals surface area contributed by atoms with Gasteiger partial charge in [-0.2, -0.15) is 9.64 Å². The lowest BCUT2D eigenvalue weighted by Gasteiger charge is -2.21. The van der Waals surface area contributed by atoms with Crippen molar-refractivity contribution in [3.05, 3.63) is 22.3 Å². The molecule has 0 radical (unpaired) electrons. The van der Waals surface area contributed by atoms with Gasteiger partial charge in [0.05, 0.1) is 0 Å². The molecule has 0 aliphatic carbocycles. The monoisotopic (exact) mass is 325 g/mol. The van der Waals surface area contributed by atoms with E-state index in [0.717, 1.165) is 42.7 Å². The third-order valence-electron chi connectivity index (χ3n) is 3.22. The van der Waals surface area contributed by atoms with Gasteiger partial charge in [-0.3, -0.25) is 0 Å². The van der Waals surface area contributed by atoms with Crippen LogP contribution in [0.4, 0.5) is 10.1 Å². The summed E-state index contributed by atoms with van der Waals surface area (Å²) in [4.78, 5) is 8.86. The number of thiazole rings is 1. The number of aromatic nitrogens is 2. The standard InChI is InChI=1S/C12H12ClN5S2/c13-10-9(8-14)11(20-16-10)17-3-1-4-18(6-5-17)12-15-2-7-19-12/h2,7H,1,3-6H2. The number of hydrogen-bond donors (Lipinski definition) is 0. The lowest BCUT2D eigenvalue weighted by molar-refractivity contribution is 0.806. The van der Waals surface area contributed by atoms with Gasteiger partial charge in [0, 0.05) is 37.8 Å². The molecule has 1 saturated heterocycles. The van der Waals surface area contributed by atoms with E-state index in [-0.39, 0.29) is 0 Å². The van der Waals surface area contributed by atoms with Gasteiger partial charge in [-0.25, -0.2) is 4.98 Å². The molecule has 0 unspecified atom stereocenters. The molecule has 0 amide bonds. The Balaban J connectivity index is 1.76. The lowest BCUT2D eigenvalue weighted by atomic mass is 10.3. The lowest BCUT2D eigenvalue weighted by Crippen LogP contribution is -2.30. The molecule has 0 N–H and O–H groups in total. The zero-order chi connectivity index (χ0) is 13.9. The van der Waals surface area contributed by atoms with E-state index >= 15 is 0 Å². The van der Waals surface area contributed by atoms with E-state index in [1.807, 2.05) is 11.6 Å². The van der Waals surface area contributed by atoms with Crippen LogP contribution in [0.25, 0.3) is 0 Å². The van der Waals surface area contributed by atoms with Crippen molar-refractivity contribution in [3.8, 4) is 6.07 Å². The predicted molar refractivity (Wildman–Crippen MR) is 83.0 cm³/mol. The third kappa shape index (κ3) is 2.59. The molecule has 2 aromatic rings. The minimum Gasteiger partial charge on any atom is -0.359 e. The van der Waals surface area contributed by atoms with Crippen molar-refractivity contribution >= 4 is 44.6 Å². The van der Waals surface area contributed by atoms with Crippen LogP contribution in [0, 0.1) is 11.3 Å². The maximum atomic E-state index is 9.18. The normalized spacial score (nSPS) is 16.0. The fourth-order valence-corrected chi connectivity index (χ4v) is 4.03. The van der Waals surface area contributed by atoms with Gasteiger partial charge in [0.15, 0.2) is 10.3 Å². The van der Waals surface area contributed by atoms with Crippen LogP contribution in [0.3, 0.4) is 0 Å². The van der Waals surface area contributed by atoms with Crippen molar-refractivity contribution in [2.45, 2.75) is 6.42 Å². The second-order valence-electron chi connectivity index (χ2n) is 4.41. The molecule has 5 nitrogen and oxygen atoms in total. The summed E-state index contributed by atoms with van der Waals surface area (Å²) in [6.07, 6.45) is 2.86. The zero-order valence-electron chi connectivity index (χ0n) is 10.6. The van der Waals surface area contributed by atoms with Crippen LogP contribution in [0.1, 0.15) is 12.0 Å². The molecule has 0 spiro atoms. The number of nitrogens with zero attached hydrogens (tertiary/aromatic N) is 5. The third-order valence-corrected chi connectivity index (χ3v) is 5.33. The van der Waals surface area contributed by atoms with Crippen molar-refractivity contribution in [3.63, 3.8) is 0 Å². The molecule has 20 heavy (non-hydrogen) atoms. The van der Waals surface area contributed by atoms with Crippen LogP contribution in [0.15, 0.2) is 11.6 Å². The van der Waals surface area contributed by atoms with Gasteiger partial charge in [0.2, 0.25) is 0 Å². The summed E-state index contributed by atoms with van der Waals surface area (Å²) < 4.78 is 4.08. The van der Waals surface area contributed by atoms with E-state index in [1.54, 1.807) is 11.3 Å². The van der Waals surface area contributed by atoms with E-state index < -0.39 is 0 Å². The van der Waals surface area contributed by atoms with E-state index in [4.69, 9.17) is 11.6 Å². The van der Waals surface area contributed by atoms with Gasteiger partial charge in [0.1, 0.15) is 16.6 Å². The second-order valence-corrected chi connectivity index (χ2v) is 6.39. The smallest absolute Gasteiger partial charge is 0.185 e. The minimum absolute atomic E-state index is 0.313. The van der Waals surface area contributed by atoms with Crippen LogP contribution in [0.2, 0.25) is 5.15 Å². The fourth-order valence-electron chi connectivity index (χ4n) is 2.26. The molecule has 0 atom stereocenters. The highest BCUT2D eigenvalue weighted by Gasteiger charge is 2.22. The predicted octanol–water partition coefficient (Wildman–Crippen LogP) is 2.84. The largest absolute Gasteiger partial charge is 0.359 e. The van der Waals surface area contributed by atoms with E-state index in [0.29, 0.717) is 10.7 Å². The summed E-state index contributed by atoms with van der Waals surface area (Å²) in [5.74, 6) is 0. The highest BCUT2D eigenvalue weighted by Crippen LogP contribution is 2.32. The maximum absolute atomic E-state index is 9.18. The molecule has 0 aromatic carbocycles. The first kappa shape index (κ1) is 13.6. The summed E-state index contributed by atoms with van der Waals surface area (Å²) in [7, 11) is 0. The molecule has 3 rings (SSSR count). The van der Waals surface area contributed by atoms with Crippen LogP contribution in [-0.4, -0.2) is 35.5 Å². The Labute approximate surface area is 130 Å². The first-order chi connectivity index (χ1) is 9.79. The summed E-state index contributed by atoms with van der Waals surface area (Å²) in [6, 6.07) is 2.15.